The van der Waals surface area contributed by atoms with E-state index in [2.05, 4.69) is 11.9 Å². The maximum Gasteiger partial charge on any atom is 0.355 e. The van der Waals surface area contributed by atoms with E-state index in [1.807, 2.05) is 0 Å². The number of halogens is 1. The Morgan fingerprint density at radius 3 is 2.65 bits per heavy atom. The fraction of sp³-hybridized carbons (Fsp3) is 0.429. The van der Waals surface area contributed by atoms with Gasteiger partial charge in [-0.15, -0.1) is 0 Å². The number of carbonyl (C=O) groups is 2. The van der Waals surface area contributed by atoms with Crippen molar-refractivity contribution in [2.45, 2.75) is 51.9 Å². The van der Waals surface area contributed by atoms with E-state index in [9.17, 15) is 14.0 Å². The Morgan fingerprint density at radius 2 is 1.96 bits per heavy atom. The van der Waals surface area contributed by atoms with E-state index in [1.165, 1.54) is 12.1 Å². The number of nitrogens with one attached hydrogen (secondary N) is 1. The van der Waals surface area contributed by atoms with Gasteiger partial charge in [-0.2, -0.15) is 0 Å². The highest BCUT2D eigenvalue weighted by Crippen LogP contribution is 2.35. The van der Waals surface area contributed by atoms with Crippen LogP contribution < -0.4 is 0 Å². The number of aromatic nitrogens is 1. The third-order valence-corrected chi connectivity index (χ3v) is 5.02. The number of hydrogen-bond donors (Lipinski definition) is 1. The molecule has 138 valence electrons. The van der Waals surface area contributed by atoms with Gasteiger partial charge in [0.1, 0.15) is 11.5 Å². The molecule has 0 saturated heterocycles. The van der Waals surface area contributed by atoms with Crippen molar-refractivity contribution in [3.63, 3.8) is 0 Å². The summed E-state index contributed by atoms with van der Waals surface area (Å²) in [6.45, 7) is 4.27. The Labute approximate surface area is 152 Å². The van der Waals surface area contributed by atoms with E-state index in [-0.39, 0.29) is 17.5 Å². The van der Waals surface area contributed by atoms with Gasteiger partial charge in [-0.3, -0.25) is 4.79 Å². The van der Waals surface area contributed by atoms with Gasteiger partial charge in [-0.25, -0.2) is 9.18 Å². The van der Waals surface area contributed by atoms with Crippen molar-refractivity contribution in [2.75, 3.05) is 6.61 Å². The molecule has 5 heteroatoms. The summed E-state index contributed by atoms with van der Waals surface area (Å²) in [5.74, 6) is -0.694. The fourth-order valence-electron chi connectivity index (χ4n) is 3.60. The van der Waals surface area contributed by atoms with Crippen LogP contribution in [0.25, 0.3) is 0 Å². The Bertz CT molecular complexity index is 807. The maximum atomic E-state index is 13.1. The summed E-state index contributed by atoms with van der Waals surface area (Å²) in [6.07, 6.45) is 3.91. The van der Waals surface area contributed by atoms with Crippen molar-refractivity contribution in [1.29, 1.82) is 0 Å². The highest BCUT2D eigenvalue weighted by atomic mass is 19.1. The number of fused-ring (bicyclic) bond motifs is 1. The molecule has 4 nitrogen and oxygen atoms in total. The van der Waals surface area contributed by atoms with Crippen molar-refractivity contribution in [1.82, 2.24) is 4.98 Å². The van der Waals surface area contributed by atoms with Crippen LogP contribution in [0.1, 0.15) is 76.2 Å². The molecule has 0 bridgehead atoms. The molecular formula is C21H24FNO3. The Kier molecular flexibility index (Phi) is 5.55. The molecule has 0 saturated carbocycles. The van der Waals surface area contributed by atoms with Crippen molar-refractivity contribution >= 4 is 11.8 Å². The largest absolute Gasteiger partial charge is 0.461 e. The number of benzene rings is 1. The molecule has 0 aliphatic heterocycles. The molecule has 1 heterocycles. The average molecular weight is 357 g/mol. The van der Waals surface area contributed by atoms with Gasteiger partial charge >= 0.3 is 5.97 Å². The summed E-state index contributed by atoms with van der Waals surface area (Å²) in [4.78, 5) is 28.1. The smallest absolute Gasteiger partial charge is 0.355 e. The summed E-state index contributed by atoms with van der Waals surface area (Å²) >= 11 is 0. The van der Waals surface area contributed by atoms with Crippen LogP contribution in [0, 0.1) is 12.7 Å². The number of carbonyl (C=O) groups excluding carboxylic acids is 2. The van der Waals surface area contributed by atoms with Crippen LogP contribution in [0.3, 0.4) is 0 Å². The van der Waals surface area contributed by atoms with Gasteiger partial charge in [-0.1, -0.05) is 31.9 Å². The van der Waals surface area contributed by atoms with Crippen LogP contribution in [-0.4, -0.2) is 23.3 Å². The third kappa shape index (κ3) is 3.71. The second-order valence-corrected chi connectivity index (χ2v) is 6.90. The first-order valence-electron chi connectivity index (χ1n) is 9.18. The SMILES string of the molecule is CCCCCOC(=O)c1[nH]c2c(c1C)C(=O)C[C@@H](c1ccc(F)cc1)C2. The van der Waals surface area contributed by atoms with E-state index >= 15 is 0 Å². The monoisotopic (exact) mass is 357 g/mol. The number of H-pyrrole nitrogens is 1. The average Bonchev–Trinajstić information content (AvgIpc) is 2.96. The number of unbranched alkanes of at least 4 members (excludes halogenated alkanes) is 2. The number of hydrogen-bond acceptors (Lipinski definition) is 3. The summed E-state index contributed by atoms with van der Waals surface area (Å²) in [6, 6.07) is 6.26. The molecule has 0 amide bonds. The molecular weight excluding hydrogens is 333 g/mol. The zero-order chi connectivity index (χ0) is 18.7. The lowest BCUT2D eigenvalue weighted by Crippen LogP contribution is -2.18. The highest BCUT2D eigenvalue weighted by molar-refractivity contribution is 6.03. The first-order valence-corrected chi connectivity index (χ1v) is 9.18. The molecule has 1 aliphatic rings. The van der Waals surface area contributed by atoms with Gasteiger partial charge in [0.15, 0.2) is 5.78 Å². The van der Waals surface area contributed by atoms with Crippen molar-refractivity contribution in [2.24, 2.45) is 0 Å². The Balaban J connectivity index is 1.78. The lowest BCUT2D eigenvalue weighted by atomic mass is 9.81. The lowest BCUT2D eigenvalue weighted by molar-refractivity contribution is 0.0491. The van der Waals surface area contributed by atoms with Crippen LogP contribution in [0.2, 0.25) is 0 Å². The minimum absolute atomic E-state index is 0.0120. The molecule has 0 spiro atoms. The molecule has 1 aromatic carbocycles. The van der Waals surface area contributed by atoms with E-state index in [0.29, 0.717) is 36.3 Å². The summed E-state index contributed by atoms with van der Waals surface area (Å²) < 4.78 is 18.5. The predicted molar refractivity (Wildman–Crippen MR) is 97.1 cm³/mol. The summed E-state index contributed by atoms with van der Waals surface area (Å²) in [5, 5.41) is 0. The molecule has 3 rings (SSSR count). The topological polar surface area (TPSA) is 59.2 Å². The molecule has 26 heavy (non-hydrogen) atoms. The van der Waals surface area contributed by atoms with Gasteiger partial charge in [0, 0.05) is 17.7 Å². The quantitative estimate of drug-likeness (QED) is 0.601. The second-order valence-electron chi connectivity index (χ2n) is 6.90. The lowest BCUT2D eigenvalue weighted by Gasteiger charge is -2.22. The number of Topliss-reactive ketones (excluding diaryl/α,β-unsaturated/α-hetero) is 1. The minimum Gasteiger partial charge on any atom is -0.461 e. The van der Waals surface area contributed by atoms with Gasteiger partial charge in [-0.05, 0) is 48.9 Å². The second kappa shape index (κ2) is 7.85. The van der Waals surface area contributed by atoms with Crippen LogP contribution in [0.4, 0.5) is 4.39 Å². The van der Waals surface area contributed by atoms with Crippen LogP contribution in [-0.2, 0) is 11.2 Å². The van der Waals surface area contributed by atoms with Crippen molar-refractivity contribution in [3.05, 3.63) is 58.2 Å². The van der Waals surface area contributed by atoms with E-state index in [0.717, 1.165) is 30.5 Å². The number of rotatable bonds is 6. The third-order valence-electron chi connectivity index (χ3n) is 5.02. The van der Waals surface area contributed by atoms with Gasteiger partial charge < -0.3 is 9.72 Å². The number of ketones is 1. The normalized spacial score (nSPS) is 16.4. The zero-order valence-corrected chi connectivity index (χ0v) is 15.2. The standard InChI is InChI=1S/C21H24FNO3/c1-3-4-5-10-26-21(25)20-13(2)19-17(23-20)11-15(12-18(19)24)14-6-8-16(22)9-7-14/h6-9,15,23H,3-5,10-12H2,1-2H3/t15-/m0/s1. The molecule has 1 aromatic heterocycles. The molecule has 0 fully saturated rings. The summed E-state index contributed by atoms with van der Waals surface area (Å²) in [5.41, 5.74) is 3.36. The van der Waals surface area contributed by atoms with Crippen LogP contribution >= 0.6 is 0 Å². The van der Waals surface area contributed by atoms with E-state index in [4.69, 9.17) is 4.74 Å². The van der Waals surface area contributed by atoms with E-state index in [1.54, 1.807) is 19.1 Å². The number of aromatic amines is 1. The number of esters is 1. The van der Waals surface area contributed by atoms with E-state index < -0.39 is 5.97 Å². The molecule has 1 N–H and O–H groups in total. The number of ether oxygens (including phenoxy) is 1. The molecule has 0 unspecified atom stereocenters. The minimum atomic E-state index is -0.404. The van der Waals surface area contributed by atoms with Crippen molar-refractivity contribution < 1.29 is 18.7 Å². The molecule has 0 radical (unpaired) electrons. The highest BCUT2D eigenvalue weighted by Gasteiger charge is 2.32. The Morgan fingerprint density at radius 1 is 1.23 bits per heavy atom. The van der Waals surface area contributed by atoms with Gasteiger partial charge in [0.25, 0.3) is 0 Å². The van der Waals surface area contributed by atoms with Crippen LogP contribution in [0.5, 0.6) is 0 Å². The first kappa shape index (κ1) is 18.4. The van der Waals surface area contributed by atoms with Crippen molar-refractivity contribution in [3.8, 4) is 0 Å². The summed E-state index contributed by atoms with van der Waals surface area (Å²) in [7, 11) is 0. The van der Waals surface area contributed by atoms with Crippen LogP contribution in [0.15, 0.2) is 24.3 Å². The molecule has 1 atom stereocenters. The van der Waals surface area contributed by atoms with Gasteiger partial charge in [0.05, 0.1) is 6.61 Å². The first-order chi connectivity index (χ1) is 12.5. The predicted octanol–water partition coefficient (Wildman–Crippen LogP) is 4.72. The molecule has 1 aliphatic carbocycles. The fourth-order valence-corrected chi connectivity index (χ4v) is 3.60. The van der Waals surface area contributed by atoms with Gasteiger partial charge in [0.2, 0.25) is 0 Å². The Hall–Kier alpha value is -2.43. The molecule has 2 aromatic rings. The zero-order valence-electron chi connectivity index (χ0n) is 15.2. The maximum absolute atomic E-state index is 13.1.